The van der Waals surface area contributed by atoms with Gasteiger partial charge in [-0.05, 0) is 73.0 Å². The zero-order valence-electron chi connectivity index (χ0n) is 22.2. The molecule has 9 nitrogen and oxygen atoms in total. The molecule has 5 rings (SSSR count). The summed E-state index contributed by atoms with van der Waals surface area (Å²) in [6, 6.07) is 18.6. The molecule has 2 aliphatic rings. The van der Waals surface area contributed by atoms with Gasteiger partial charge in [-0.3, -0.25) is 24.5 Å². The third-order valence-electron chi connectivity index (χ3n) is 7.70. The summed E-state index contributed by atoms with van der Waals surface area (Å²) < 4.78 is 5.68. The third-order valence-corrected chi connectivity index (χ3v) is 7.70. The highest BCUT2D eigenvalue weighted by Gasteiger charge is 2.68. The summed E-state index contributed by atoms with van der Waals surface area (Å²) in [6.45, 7) is 3.97. The summed E-state index contributed by atoms with van der Waals surface area (Å²) >= 11 is 0. The van der Waals surface area contributed by atoms with E-state index in [0.29, 0.717) is 29.0 Å². The predicted molar refractivity (Wildman–Crippen MR) is 146 cm³/mol. The Balaban J connectivity index is 1.59. The van der Waals surface area contributed by atoms with Gasteiger partial charge < -0.3 is 14.9 Å². The number of hydrogen-bond donors (Lipinski definition) is 3. The molecule has 206 valence electrons. The molecule has 2 heterocycles. The third kappa shape index (κ3) is 4.62. The zero-order chi connectivity index (χ0) is 28.6. The number of ketones is 1. The highest BCUT2D eigenvalue weighted by molar-refractivity contribution is 6.24. The number of carbonyl (C=O) groups excluding carboxylic acids is 3. The minimum absolute atomic E-state index is 0.0287. The van der Waals surface area contributed by atoms with Crippen LogP contribution in [0.1, 0.15) is 47.8 Å². The molecule has 0 aliphatic carbocycles. The summed E-state index contributed by atoms with van der Waals surface area (Å²) in [6.07, 6.45) is 0.752. The van der Waals surface area contributed by atoms with E-state index >= 15 is 0 Å². The number of rotatable bonds is 9. The normalized spacial score (nSPS) is 23.8. The molecular weight excluding hydrogens is 512 g/mol. The maximum Gasteiger partial charge on any atom is 0.325 e. The molecule has 0 aromatic heterocycles. The van der Waals surface area contributed by atoms with Crippen LogP contribution < -0.4 is 15.0 Å². The SMILES string of the molecule is CCCOc1ccc(C2NC(Cc3ccc(O)cc3)(C(=O)O)C3C(=O)N(c4ccc(C(C)=O)cc4)C(=O)C23)cc1. The molecule has 3 aromatic carbocycles. The Bertz CT molecular complexity index is 1450. The lowest BCUT2D eigenvalue weighted by molar-refractivity contribution is -0.148. The standard InChI is InChI=1S/C31H30N2O7/c1-3-16-40-24-14-8-21(9-15-24)27-25-26(31(32-27,30(38)39)17-19-4-12-23(35)13-5-19)29(37)33(28(25)36)22-10-6-20(7-11-22)18(2)34/h4-15,25-27,32,35H,3,16-17H2,1-2H3,(H,38,39). The minimum atomic E-state index is -1.80. The maximum absolute atomic E-state index is 14.0. The molecule has 9 heteroatoms. The first-order chi connectivity index (χ1) is 19.2. The lowest BCUT2D eigenvalue weighted by atomic mass is 9.76. The van der Waals surface area contributed by atoms with Gasteiger partial charge in [-0.15, -0.1) is 0 Å². The highest BCUT2D eigenvalue weighted by Crippen LogP contribution is 2.51. The lowest BCUT2D eigenvalue weighted by Gasteiger charge is -2.31. The summed E-state index contributed by atoms with van der Waals surface area (Å²) in [5.74, 6) is -4.06. The second-order valence-corrected chi connectivity index (χ2v) is 10.3. The van der Waals surface area contributed by atoms with Crippen LogP contribution in [0.4, 0.5) is 5.69 Å². The van der Waals surface area contributed by atoms with E-state index in [1.807, 2.05) is 6.92 Å². The topological polar surface area (TPSA) is 133 Å². The maximum atomic E-state index is 14.0. The van der Waals surface area contributed by atoms with Crippen LogP contribution >= 0.6 is 0 Å². The number of carboxylic acid groups (broad SMARTS) is 1. The van der Waals surface area contributed by atoms with Crippen LogP contribution in [0.5, 0.6) is 11.5 Å². The van der Waals surface area contributed by atoms with Gasteiger partial charge in [0, 0.05) is 18.0 Å². The van der Waals surface area contributed by atoms with Crippen LogP contribution in [-0.2, 0) is 20.8 Å². The molecule has 2 saturated heterocycles. The Morgan fingerprint density at radius 1 is 0.950 bits per heavy atom. The monoisotopic (exact) mass is 542 g/mol. The van der Waals surface area contributed by atoms with Crippen molar-refractivity contribution in [1.82, 2.24) is 5.32 Å². The van der Waals surface area contributed by atoms with E-state index in [2.05, 4.69) is 5.32 Å². The van der Waals surface area contributed by atoms with E-state index in [9.17, 15) is 29.4 Å². The number of imide groups is 1. The first kappa shape index (κ1) is 27.1. The van der Waals surface area contributed by atoms with Crippen molar-refractivity contribution >= 4 is 29.3 Å². The van der Waals surface area contributed by atoms with Crippen LogP contribution in [0, 0.1) is 11.8 Å². The van der Waals surface area contributed by atoms with Crippen molar-refractivity contribution in [3.8, 4) is 11.5 Å². The van der Waals surface area contributed by atoms with Crippen LogP contribution in [-0.4, -0.2) is 45.9 Å². The van der Waals surface area contributed by atoms with Crippen LogP contribution in [0.15, 0.2) is 72.8 Å². The molecule has 3 aromatic rings. The largest absolute Gasteiger partial charge is 0.508 e. The van der Waals surface area contributed by atoms with Crippen molar-refractivity contribution in [2.45, 2.75) is 38.3 Å². The first-order valence-electron chi connectivity index (χ1n) is 13.2. The number of amides is 2. The van der Waals surface area contributed by atoms with E-state index in [4.69, 9.17) is 4.74 Å². The highest BCUT2D eigenvalue weighted by atomic mass is 16.5. The second kappa shape index (κ2) is 10.6. The number of hydrogen-bond acceptors (Lipinski definition) is 7. The molecule has 4 unspecified atom stereocenters. The molecule has 2 amide bonds. The van der Waals surface area contributed by atoms with E-state index in [-0.39, 0.29) is 23.6 Å². The van der Waals surface area contributed by atoms with Crippen molar-refractivity contribution in [3.63, 3.8) is 0 Å². The predicted octanol–water partition coefficient (Wildman–Crippen LogP) is 3.90. The van der Waals surface area contributed by atoms with Gasteiger partial charge in [0.2, 0.25) is 11.8 Å². The van der Waals surface area contributed by atoms with Crippen molar-refractivity contribution < 1.29 is 34.1 Å². The Morgan fingerprint density at radius 2 is 1.60 bits per heavy atom. The van der Waals surface area contributed by atoms with E-state index in [1.165, 1.54) is 43.3 Å². The quantitative estimate of drug-likeness (QED) is 0.274. The Kier molecular flexibility index (Phi) is 7.16. The average Bonchev–Trinajstić information content (AvgIpc) is 3.42. The number of aliphatic carboxylic acids is 1. The van der Waals surface area contributed by atoms with Crippen molar-refractivity contribution in [2.24, 2.45) is 11.8 Å². The summed E-state index contributed by atoms with van der Waals surface area (Å²) in [4.78, 5) is 53.8. The van der Waals surface area contributed by atoms with E-state index in [1.54, 1.807) is 36.4 Å². The Morgan fingerprint density at radius 3 is 2.17 bits per heavy atom. The number of fused-ring (bicyclic) bond motifs is 1. The van der Waals surface area contributed by atoms with Gasteiger partial charge in [0.05, 0.1) is 24.1 Å². The second-order valence-electron chi connectivity index (χ2n) is 10.3. The van der Waals surface area contributed by atoms with Gasteiger partial charge in [0.15, 0.2) is 5.78 Å². The Labute approximate surface area is 231 Å². The lowest BCUT2D eigenvalue weighted by Crippen LogP contribution is -2.57. The summed E-state index contributed by atoms with van der Waals surface area (Å²) in [7, 11) is 0. The number of nitrogens with zero attached hydrogens (tertiary/aromatic N) is 1. The van der Waals surface area contributed by atoms with E-state index < -0.39 is 41.2 Å². The van der Waals surface area contributed by atoms with E-state index in [0.717, 1.165) is 11.3 Å². The smallest absolute Gasteiger partial charge is 0.325 e. The molecule has 4 atom stereocenters. The average molecular weight is 543 g/mol. The molecule has 2 fully saturated rings. The molecule has 0 saturated carbocycles. The van der Waals surface area contributed by atoms with Gasteiger partial charge in [-0.2, -0.15) is 0 Å². The van der Waals surface area contributed by atoms with Crippen LogP contribution in [0.25, 0.3) is 0 Å². The Hall–Kier alpha value is -4.50. The number of nitrogens with one attached hydrogen (secondary N) is 1. The number of phenolic OH excluding ortho intramolecular Hbond substituents is 1. The summed E-state index contributed by atoms with van der Waals surface area (Å²) in [5.41, 5.74) is 0.146. The fraction of sp³-hybridized carbons (Fsp3) is 0.290. The number of phenols is 1. The number of aromatic hydroxyl groups is 1. The molecule has 3 N–H and O–H groups in total. The number of Topliss-reactive ketones (excluding diaryl/α,β-unsaturated/α-hetero) is 1. The number of carboxylic acids is 1. The van der Waals surface area contributed by atoms with Gasteiger partial charge in [0.25, 0.3) is 0 Å². The van der Waals surface area contributed by atoms with Crippen LogP contribution in [0.3, 0.4) is 0 Å². The molecule has 40 heavy (non-hydrogen) atoms. The summed E-state index contributed by atoms with van der Waals surface area (Å²) in [5, 5.41) is 23.6. The number of carbonyl (C=O) groups is 4. The fourth-order valence-corrected chi connectivity index (χ4v) is 5.75. The number of anilines is 1. The molecule has 0 spiro atoms. The molecule has 2 aliphatic heterocycles. The number of ether oxygens (including phenoxy) is 1. The zero-order valence-corrected chi connectivity index (χ0v) is 22.2. The van der Waals surface area contributed by atoms with Crippen molar-refractivity contribution in [3.05, 3.63) is 89.5 Å². The van der Waals surface area contributed by atoms with Gasteiger partial charge in [-0.1, -0.05) is 31.2 Å². The van der Waals surface area contributed by atoms with Crippen molar-refractivity contribution in [2.75, 3.05) is 11.5 Å². The van der Waals surface area contributed by atoms with Gasteiger partial charge in [0.1, 0.15) is 17.0 Å². The molecular formula is C31H30N2O7. The minimum Gasteiger partial charge on any atom is -0.508 e. The molecule has 0 radical (unpaired) electrons. The fourth-order valence-electron chi connectivity index (χ4n) is 5.75. The first-order valence-corrected chi connectivity index (χ1v) is 13.2. The van der Waals surface area contributed by atoms with Crippen molar-refractivity contribution in [1.29, 1.82) is 0 Å². The van der Waals surface area contributed by atoms with Gasteiger partial charge >= 0.3 is 5.97 Å². The van der Waals surface area contributed by atoms with Crippen LogP contribution in [0.2, 0.25) is 0 Å². The molecule has 0 bridgehead atoms. The number of benzene rings is 3. The van der Waals surface area contributed by atoms with Gasteiger partial charge in [-0.25, -0.2) is 4.90 Å².